The van der Waals surface area contributed by atoms with Gasteiger partial charge in [0.25, 0.3) is 0 Å². The Labute approximate surface area is 467 Å². The first-order valence-electron chi connectivity index (χ1n) is 30.6. The standard InChI is InChI=1S/C58H112O17P2/c1-6-9-12-15-16-17-18-19-22-25-28-33-37-42-56(61)69-48-54(75-58(63)44-39-34-29-26-23-20-21-24-27-32-35-40-51(4)5)50-73-77(66,67)71-46-52(59)45-70-76(64,65)72-49-53(74-57(62)43-38-31-14-11-8-3)47-68-55(60)41-36-30-13-10-7-2/h51-54,59H,6-50H2,1-5H3,(H,64,65)(H,66,67)/t52-,53+,54+/m0/s1. The van der Waals surface area contributed by atoms with Gasteiger partial charge in [0.05, 0.1) is 26.4 Å². The van der Waals surface area contributed by atoms with Crippen LogP contribution in [0.3, 0.4) is 0 Å². The van der Waals surface area contributed by atoms with Crippen molar-refractivity contribution in [3.05, 3.63) is 0 Å². The van der Waals surface area contributed by atoms with Gasteiger partial charge in [0, 0.05) is 25.7 Å². The normalized spacial score (nSPS) is 14.4. The van der Waals surface area contributed by atoms with E-state index < -0.39 is 97.5 Å². The van der Waals surface area contributed by atoms with Gasteiger partial charge in [-0.1, -0.05) is 234 Å². The topological polar surface area (TPSA) is 237 Å². The van der Waals surface area contributed by atoms with E-state index in [4.69, 9.17) is 37.0 Å². The second-order valence-corrected chi connectivity index (χ2v) is 24.4. The number of ether oxygens (including phenoxy) is 4. The molecule has 0 saturated heterocycles. The fraction of sp³-hybridized carbons (Fsp3) is 0.931. The summed E-state index contributed by atoms with van der Waals surface area (Å²) in [6.45, 7) is 6.97. The van der Waals surface area contributed by atoms with Crippen molar-refractivity contribution in [2.75, 3.05) is 39.6 Å². The molecule has 0 rings (SSSR count). The molecule has 3 N–H and O–H groups in total. The summed E-state index contributed by atoms with van der Waals surface area (Å²) in [5.74, 6) is -1.40. The highest BCUT2D eigenvalue weighted by Crippen LogP contribution is 2.45. The maximum Gasteiger partial charge on any atom is 0.472 e. The van der Waals surface area contributed by atoms with E-state index in [1.165, 1.54) is 103 Å². The molecule has 0 heterocycles. The van der Waals surface area contributed by atoms with Crippen LogP contribution in [0.25, 0.3) is 0 Å². The smallest absolute Gasteiger partial charge is 0.462 e. The monoisotopic (exact) mass is 1140 g/mol. The molecule has 0 aromatic heterocycles. The van der Waals surface area contributed by atoms with Crippen LogP contribution < -0.4 is 0 Å². The Kier molecular flexibility index (Phi) is 50.8. The SMILES string of the molecule is CCCCCCCCCCCCCCCC(=O)OC[C@H](COP(=O)(O)OC[C@@H](O)COP(=O)(O)OC[C@@H](COC(=O)CCCCCCC)OC(=O)CCCCCCC)OC(=O)CCCCCCCCCCCCCC(C)C. The van der Waals surface area contributed by atoms with Gasteiger partial charge in [0.2, 0.25) is 0 Å². The van der Waals surface area contributed by atoms with Gasteiger partial charge in [-0.15, -0.1) is 0 Å². The van der Waals surface area contributed by atoms with Crippen molar-refractivity contribution in [2.24, 2.45) is 5.92 Å². The van der Waals surface area contributed by atoms with E-state index in [0.717, 1.165) is 102 Å². The lowest BCUT2D eigenvalue weighted by Gasteiger charge is -2.21. The molecular weight excluding hydrogens is 1030 g/mol. The molecule has 5 atom stereocenters. The molecule has 0 aromatic rings. The van der Waals surface area contributed by atoms with E-state index in [0.29, 0.717) is 25.7 Å². The molecule has 0 aliphatic heterocycles. The molecule has 0 aromatic carbocycles. The van der Waals surface area contributed by atoms with Crippen LogP contribution in [0.15, 0.2) is 0 Å². The van der Waals surface area contributed by atoms with Crippen molar-refractivity contribution in [3.8, 4) is 0 Å². The van der Waals surface area contributed by atoms with E-state index in [9.17, 15) is 43.2 Å². The fourth-order valence-corrected chi connectivity index (χ4v) is 10.1. The van der Waals surface area contributed by atoms with E-state index in [1.807, 2.05) is 0 Å². The molecule has 19 heteroatoms. The van der Waals surface area contributed by atoms with Crippen LogP contribution in [0.4, 0.5) is 0 Å². The number of esters is 4. The Hall–Kier alpha value is -1.94. The van der Waals surface area contributed by atoms with Crippen molar-refractivity contribution in [1.29, 1.82) is 0 Å². The maximum absolute atomic E-state index is 12.9. The van der Waals surface area contributed by atoms with E-state index in [1.54, 1.807) is 0 Å². The number of unbranched alkanes of at least 4 members (excludes halogenated alkanes) is 30. The minimum atomic E-state index is -4.94. The van der Waals surface area contributed by atoms with Crippen molar-refractivity contribution in [2.45, 2.75) is 303 Å². The first-order chi connectivity index (χ1) is 37.0. The maximum atomic E-state index is 12.9. The average molecular weight is 1140 g/mol. The second-order valence-electron chi connectivity index (χ2n) is 21.5. The quantitative estimate of drug-likeness (QED) is 0.0222. The molecule has 0 aliphatic carbocycles. The Bertz CT molecular complexity index is 1520. The molecule has 0 aliphatic rings. The van der Waals surface area contributed by atoms with E-state index in [2.05, 4.69) is 34.6 Å². The van der Waals surface area contributed by atoms with Crippen LogP contribution in [-0.4, -0.2) is 96.7 Å². The zero-order valence-corrected chi connectivity index (χ0v) is 50.9. The molecule has 17 nitrogen and oxygen atoms in total. The lowest BCUT2D eigenvalue weighted by molar-refractivity contribution is -0.161. The van der Waals surface area contributed by atoms with Gasteiger partial charge >= 0.3 is 39.5 Å². The summed E-state index contributed by atoms with van der Waals surface area (Å²) >= 11 is 0. The van der Waals surface area contributed by atoms with E-state index in [-0.39, 0.29) is 25.7 Å². The van der Waals surface area contributed by atoms with Crippen molar-refractivity contribution >= 4 is 39.5 Å². The van der Waals surface area contributed by atoms with Crippen LogP contribution in [0.1, 0.15) is 285 Å². The third kappa shape index (κ3) is 53.2. The fourth-order valence-electron chi connectivity index (χ4n) is 8.52. The minimum Gasteiger partial charge on any atom is -0.462 e. The summed E-state index contributed by atoms with van der Waals surface area (Å²) in [4.78, 5) is 71.4. The largest absolute Gasteiger partial charge is 0.472 e. The highest BCUT2D eigenvalue weighted by molar-refractivity contribution is 7.47. The van der Waals surface area contributed by atoms with Crippen LogP contribution in [0, 0.1) is 5.92 Å². The predicted octanol–water partition coefficient (Wildman–Crippen LogP) is 15.5. The summed E-state index contributed by atoms with van der Waals surface area (Å²) in [6, 6.07) is 0. The highest BCUT2D eigenvalue weighted by atomic mass is 31.2. The molecule has 0 bridgehead atoms. The molecule has 0 radical (unpaired) electrons. The van der Waals surface area contributed by atoms with Gasteiger partial charge in [-0.3, -0.25) is 37.3 Å². The average Bonchev–Trinajstić information content (AvgIpc) is 3.39. The summed E-state index contributed by atoms with van der Waals surface area (Å²) in [5.41, 5.74) is 0. The van der Waals surface area contributed by atoms with Gasteiger partial charge in [-0.25, -0.2) is 9.13 Å². The van der Waals surface area contributed by atoms with Gasteiger partial charge in [0.15, 0.2) is 12.2 Å². The Morgan fingerprint density at radius 1 is 0.351 bits per heavy atom. The second kappa shape index (κ2) is 52.2. The van der Waals surface area contributed by atoms with Gasteiger partial charge in [-0.05, 0) is 31.6 Å². The van der Waals surface area contributed by atoms with Crippen LogP contribution in [-0.2, 0) is 65.4 Å². The van der Waals surface area contributed by atoms with Crippen LogP contribution >= 0.6 is 15.6 Å². The number of phosphoric ester groups is 2. The minimum absolute atomic E-state index is 0.0988. The number of aliphatic hydroxyl groups excluding tert-OH is 1. The lowest BCUT2D eigenvalue weighted by atomic mass is 10.0. The van der Waals surface area contributed by atoms with Gasteiger partial charge in [0.1, 0.15) is 19.3 Å². The number of rotatable bonds is 58. The van der Waals surface area contributed by atoms with Crippen molar-refractivity contribution < 1.29 is 80.2 Å². The van der Waals surface area contributed by atoms with Crippen molar-refractivity contribution in [1.82, 2.24) is 0 Å². The molecule has 0 spiro atoms. The molecular formula is C58H112O17P2. The summed E-state index contributed by atoms with van der Waals surface area (Å²) in [7, 11) is -9.86. The number of phosphoric acid groups is 2. The number of hydrogen-bond donors (Lipinski definition) is 3. The van der Waals surface area contributed by atoms with Crippen LogP contribution in [0.5, 0.6) is 0 Å². The van der Waals surface area contributed by atoms with Crippen LogP contribution in [0.2, 0.25) is 0 Å². The first-order valence-corrected chi connectivity index (χ1v) is 33.6. The number of hydrogen-bond acceptors (Lipinski definition) is 15. The molecule has 456 valence electrons. The number of carbonyl (C=O) groups excluding carboxylic acids is 4. The molecule has 77 heavy (non-hydrogen) atoms. The third-order valence-corrected chi connectivity index (χ3v) is 15.2. The first kappa shape index (κ1) is 75.1. The summed E-state index contributed by atoms with van der Waals surface area (Å²) in [6.07, 6.45) is 34.2. The number of aliphatic hydroxyl groups is 1. The zero-order chi connectivity index (χ0) is 57.1. The van der Waals surface area contributed by atoms with Crippen molar-refractivity contribution in [3.63, 3.8) is 0 Å². The van der Waals surface area contributed by atoms with E-state index >= 15 is 0 Å². The number of carbonyl (C=O) groups is 4. The zero-order valence-electron chi connectivity index (χ0n) is 49.1. The summed E-state index contributed by atoms with van der Waals surface area (Å²) in [5, 5.41) is 10.5. The highest BCUT2D eigenvalue weighted by Gasteiger charge is 2.30. The molecule has 2 unspecified atom stereocenters. The Morgan fingerprint density at radius 3 is 0.883 bits per heavy atom. The molecule has 0 saturated carbocycles. The lowest BCUT2D eigenvalue weighted by Crippen LogP contribution is -2.30. The molecule has 0 amide bonds. The predicted molar refractivity (Wildman–Crippen MR) is 303 cm³/mol. The molecule has 0 fully saturated rings. The third-order valence-electron chi connectivity index (χ3n) is 13.3. The summed E-state index contributed by atoms with van der Waals surface area (Å²) < 4.78 is 67.3. The Balaban J connectivity index is 5.13. The van der Waals surface area contributed by atoms with Gasteiger partial charge in [-0.2, -0.15) is 0 Å². The van der Waals surface area contributed by atoms with Gasteiger partial charge < -0.3 is 33.8 Å². The Morgan fingerprint density at radius 2 is 0.597 bits per heavy atom.